The van der Waals surface area contributed by atoms with Crippen molar-refractivity contribution in [2.75, 3.05) is 0 Å². The van der Waals surface area contributed by atoms with Crippen LogP contribution in [-0.2, 0) is 0 Å². The molecule has 1 rings (SSSR count). The first-order valence-electron chi connectivity index (χ1n) is 4.22. The van der Waals surface area contributed by atoms with E-state index in [-0.39, 0.29) is 6.42 Å². The Bertz CT molecular complexity index is 200. The molecule has 0 heterocycles. The van der Waals surface area contributed by atoms with E-state index in [2.05, 4.69) is 0 Å². The van der Waals surface area contributed by atoms with E-state index in [4.69, 9.17) is 0 Å². The van der Waals surface area contributed by atoms with Crippen molar-refractivity contribution in [2.24, 2.45) is 5.92 Å². The maximum absolute atomic E-state index is 12.3. The van der Waals surface area contributed by atoms with E-state index in [0.717, 1.165) is 5.57 Å². The number of rotatable bonds is 1. The fourth-order valence-electron chi connectivity index (χ4n) is 1.90. The molecule has 70 valence electrons. The lowest BCUT2D eigenvalue weighted by Gasteiger charge is -2.17. The lowest BCUT2D eigenvalue weighted by Crippen LogP contribution is -2.22. The fraction of sp³-hybridized carbons (Fsp3) is 0.778. The third-order valence-corrected chi connectivity index (χ3v) is 2.55. The van der Waals surface area contributed by atoms with E-state index in [1.807, 2.05) is 6.92 Å². The van der Waals surface area contributed by atoms with Crippen LogP contribution in [0.5, 0.6) is 0 Å². The summed E-state index contributed by atoms with van der Waals surface area (Å²) in [5.41, 5.74) is 1.56. The van der Waals surface area contributed by atoms with Crippen LogP contribution in [-0.4, -0.2) is 6.18 Å². The minimum absolute atomic E-state index is 0.262. The van der Waals surface area contributed by atoms with Crippen LogP contribution < -0.4 is 0 Å². The summed E-state index contributed by atoms with van der Waals surface area (Å²) in [6.45, 7) is 3.60. The van der Waals surface area contributed by atoms with Crippen molar-refractivity contribution in [1.29, 1.82) is 0 Å². The summed E-state index contributed by atoms with van der Waals surface area (Å²) in [5, 5.41) is 0. The number of halogens is 3. The third-order valence-electron chi connectivity index (χ3n) is 2.55. The molecule has 0 amide bonds. The molecule has 0 nitrogen and oxygen atoms in total. The Morgan fingerprint density at radius 3 is 2.33 bits per heavy atom. The predicted molar refractivity (Wildman–Crippen MR) is 41.8 cm³/mol. The van der Waals surface area contributed by atoms with Crippen LogP contribution >= 0.6 is 0 Å². The molecule has 0 N–H and O–H groups in total. The summed E-state index contributed by atoms with van der Waals surface area (Å²) in [6, 6.07) is 0. The van der Waals surface area contributed by atoms with Crippen LogP contribution in [0.25, 0.3) is 0 Å². The zero-order valence-corrected chi connectivity index (χ0v) is 7.33. The van der Waals surface area contributed by atoms with E-state index in [9.17, 15) is 13.2 Å². The SMILES string of the molecule is CCC1=C(C)CCC1C(F)(F)F. The molecule has 0 aromatic carbocycles. The Labute approximate surface area is 70.5 Å². The van der Waals surface area contributed by atoms with Crippen molar-refractivity contribution in [3.63, 3.8) is 0 Å². The van der Waals surface area contributed by atoms with Gasteiger partial charge in [-0.05, 0) is 26.2 Å². The lowest BCUT2D eigenvalue weighted by atomic mass is 9.98. The second-order valence-electron chi connectivity index (χ2n) is 3.29. The van der Waals surface area contributed by atoms with Crippen LogP contribution in [0.4, 0.5) is 13.2 Å². The summed E-state index contributed by atoms with van der Waals surface area (Å²) in [6.07, 6.45) is -2.61. The van der Waals surface area contributed by atoms with Crippen molar-refractivity contribution >= 4 is 0 Å². The first-order chi connectivity index (χ1) is 5.46. The standard InChI is InChI=1S/C9H13F3/c1-3-7-6(2)4-5-8(7)9(10,11)12/h8H,3-5H2,1-2H3. The Balaban J connectivity index is 2.83. The van der Waals surface area contributed by atoms with E-state index >= 15 is 0 Å². The van der Waals surface area contributed by atoms with Crippen molar-refractivity contribution in [1.82, 2.24) is 0 Å². The average molecular weight is 178 g/mol. The number of hydrogen-bond acceptors (Lipinski definition) is 0. The van der Waals surface area contributed by atoms with Gasteiger partial charge in [-0.2, -0.15) is 13.2 Å². The molecule has 3 heteroatoms. The van der Waals surface area contributed by atoms with Gasteiger partial charge >= 0.3 is 6.18 Å². The highest BCUT2D eigenvalue weighted by Gasteiger charge is 2.43. The molecule has 0 saturated heterocycles. The molecule has 1 unspecified atom stereocenters. The zero-order chi connectivity index (χ0) is 9.35. The molecular weight excluding hydrogens is 165 g/mol. The van der Waals surface area contributed by atoms with E-state index in [1.165, 1.54) is 0 Å². The Morgan fingerprint density at radius 2 is 2.00 bits per heavy atom. The minimum Gasteiger partial charge on any atom is -0.170 e. The maximum atomic E-state index is 12.3. The molecule has 0 aromatic heterocycles. The van der Waals surface area contributed by atoms with Crippen LogP contribution in [0.1, 0.15) is 33.1 Å². The van der Waals surface area contributed by atoms with Gasteiger partial charge in [0.1, 0.15) is 0 Å². The van der Waals surface area contributed by atoms with Crippen LogP contribution in [0.15, 0.2) is 11.1 Å². The summed E-state index contributed by atoms with van der Waals surface area (Å²) < 4.78 is 37.0. The molecule has 0 fully saturated rings. The Kier molecular flexibility index (Phi) is 2.49. The van der Waals surface area contributed by atoms with Gasteiger partial charge in [0, 0.05) is 0 Å². The minimum atomic E-state index is -4.02. The van der Waals surface area contributed by atoms with Crippen molar-refractivity contribution in [3.05, 3.63) is 11.1 Å². The monoisotopic (exact) mass is 178 g/mol. The zero-order valence-electron chi connectivity index (χ0n) is 7.33. The van der Waals surface area contributed by atoms with Gasteiger partial charge in [0.2, 0.25) is 0 Å². The highest BCUT2D eigenvalue weighted by Crippen LogP contribution is 2.43. The largest absolute Gasteiger partial charge is 0.395 e. The topological polar surface area (TPSA) is 0 Å². The molecule has 0 bridgehead atoms. The Morgan fingerprint density at radius 1 is 1.42 bits per heavy atom. The van der Waals surface area contributed by atoms with Gasteiger partial charge in [0.05, 0.1) is 5.92 Å². The molecule has 0 saturated carbocycles. The molecule has 0 spiro atoms. The summed E-state index contributed by atoms with van der Waals surface area (Å²) in [5.74, 6) is -1.15. The molecule has 1 atom stereocenters. The third kappa shape index (κ3) is 1.65. The van der Waals surface area contributed by atoms with E-state index in [1.54, 1.807) is 6.92 Å². The second-order valence-corrected chi connectivity index (χ2v) is 3.29. The van der Waals surface area contributed by atoms with Crippen molar-refractivity contribution in [3.8, 4) is 0 Å². The number of hydrogen-bond donors (Lipinski definition) is 0. The lowest BCUT2D eigenvalue weighted by molar-refractivity contribution is -0.163. The van der Waals surface area contributed by atoms with Crippen molar-refractivity contribution in [2.45, 2.75) is 39.3 Å². The normalized spacial score (nSPS) is 25.2. The van der Waals surface area contributed by atoms with Gasteiger partial charge in [-0.1, -0.05) is 18.1 Å². The van der Waals surface area contributed by atoms with Gasteiger partial charge < -0.3 is 0 Å². The van der Waals surface area contributed by atoms with Crippen LogP contribution in [0.2, 0.25) is 0 Å². The predicted octanol–water partition coefficient (Wildman–Crippen LogP) is 3.69. The highest BCUT2D eigenvalue weighted by atomic mass is 19.4. The van der Waals surface area contributed by atoms with Gasteiger partial charge in [0.15, 0.2) is 0 Å². The fourth-order valence-corrected chi connectivity index (χ4v) is 1.90. The number of alkyl halides is 3. The van der Waals surface area contributed by atoms with Crippen LogP contribution in [0.3, 0.4) is 0 Å². The van der Waals surface area contributed by atoms with E-state index in [0.29, 0.717) is 18.4 Å². The van der Waals surface area contributed by atoms with Gasteiger partial charge in [0.25, 0.3) is 0 Å². The molecule has 1 aliphatic carbocycles. The quantitative estimate of drug-likeness (QED) is 0.537. The average Bonchev–Trinajstić information content (AvgIpc) is 2.29. The summed E-state index contributed by atoms with van der Waals surface area (Å²) in [7, 11) is 0. The van der Waals surface area contributed by atoms with Crippen LogP contribution in [0, 0.1) is 5.92 Å². The molecule has 1 aliphatic rings. The molecule has 0 radical (unpaired) electrons. The van der Waals surface area contributed by atoms with Gasteiger partial charge in [-0.15, -0.1) is 0 Å². The smallest absolute Gasteiger partial charge is 0.170 e. The van der Waals surface area contributed by atoms with Gasteiger partial charge in [-0.3, -0.25) is 0 Å². The number of allylic oxidation sites excluding steroid dienone is 2. The van der Waals surface area contributed by atoms with Gasteiger partial charge in [-0.25, -0.2) is 0 Å². The molecular formula is C9H13F3. The first-order valence-corrected chi connectivity index (χ1v) is 4.22. The molecule has 0 aliphatic heterocycles. The summed E-state index contributed by atoms with van der Waals surface area (Å²) in [4.78, 5) is 0. The molecule has 0 aromatic rings. The summed E-state index contributed by atoms with van der Waals surface area (Å²) >= 11 is 0. The second kappa shape index (κ2) is 3.11. The highest BCUT2D eigenvalue weighted by molar-refractivity contribution is 5.22. The van der Waals surface area contributed by atoms with E-state index < -0.39 is 12.1 Å². The molecule has 12 heavy (non-hydrogen) atoms. The first kappa shape index (κ1) is 9.62. The maximum Gasteiger partial charge on any atom is 0.395 e. The Hall–Kier alpha value is -0.470. The van der Waals surface area contributed by atoms with Crippen molar-refractivity contribution < 1.29 is 13.2 Å².